The van der Waals surface area contributed by atoms with Gasteiger partial charge in [0, 0.05) is 53.3 Å². The molecule has 30 heavy (non-hydrogen) atoms. The summed E-state index contributed by atoms with van der Waals surface area (Å²) in [7, 11) is 0. The molecule has 2 saturated heterocycles. The van der Waals surface area contributed by atoms with Gasteiger partial charge in [0.25, 0.3) is 0 Å². The Morgan fingerprint density at radius 1 is 1.10 bits per heavy atom. The van der Waals surface area contributed by atoms with E-state index in [1.165, 1.54) is 17.8 Å². The van der Waals surface area contributed by atoms with Crippen LogP contribution in [0.15, 0.2) is 42.5 Å². The van der Waals surface area contributed by atoms with Crippen molar-refractivity contribution in [1.82, 2.24) is 4.90 Å². The summed E-state index contributed by atoms with van der Waals surface area (Å²) in [6.07, 6.45) is 0.714. The Morgan fingerprint density at radius 2 is 1.87 bits per heavy atom. The molecule has 4 nitrogen and oxygen atoms in total. The van der Waals surface area contributed by atoms with E-state index in [1.54, 1.807) is 34.1 Å². The molecule has 0 aliphatic carbocycles. The van der Waals surface area contributed by atoms with E-state index < -0.39 is 17.6 Å². The molecule has 0 aromatic heterocycles. The van der Waals surface area contributed by atoms with Crippen molar-refractivity contribution in [3.8, 4) is 0 Å². The number of anilines is 1. The van der Waals surface area contributed by atoms with E-state index in [1.807, 2.05) is 0 Å². The minimum Gasteiger partial charge on any atom is -0.342 e. The van der Waals surface area contributed by atoms with Crippen molar-refractivity contribution in [2.75, 3.05) is 30.3 Å². The average Bonchev–Trinajstić information content (AvgIpc) is 2.96. The predicted molar refractivity (Wildman–Crippen MR) is 115 cm³/mol. The van der Waals surface area contributed by atoms with Gasteiger partial charge >= 0.3 is 0 Å². The van der Waals surface area contributed by atoms with Gasteiger partial charge in [0.05, 0.1) is 5.92 Å². The van der Waals surface area contributed by atoms with Crippen LogP contribution in [0.1, 0.15) is 23.7 Å². The van der Waals surface area contributed by atoms with Crippen molar-refractivity contribution in [2.45, 2.75) is 18.1 Å². The minimum atomic E-state index is -0.462. The highest BCUT2D eigenvalue weighted by Gasteiger charge is 2.37. The van der Waals surface area contributed by atoms with Gasteiger partial charge in [-0.15, -0.1) is 0 Å². The third-order valence-corrected chi connectivity index (χ3v) is 7.13. The molecule has 2 aliphatic heterocycles. The second-order valence-electron chi connectivity index (χ2n) is 7.52. The fourth-order valence-electron chi connectivity index (χ4n) is 4.00. The summed E-state index contributed by atoms with van der Waals surface area (Å²) < 4.78 is 27.7. The Labute approximate surface area is 183 Å². The Hall–Kier alpha value is -2.12. The fourth-order valence-corrected chi connectivity index (χ4v) is 5.37. The maximum absolute atomic E-state index is 14.1. The smallest absolute Gasteiger partial charge is 0.228 e. The van der Waals surface area contributed by atoms with Crippen LogP contribution in [0.2, 0.25) is 5.02 Å². The van der Waals surface area contributed by atoms with Crippen LogP contribution in [0.5, 0.6) is 0 Å². The number of benzene rings is 2. The first-order valence-corrected chi connectivity index (χ1v) is 11.3. The predicted octanol–water partition coefficient (Wildman–Crippen LogP) is 4.68. The highest BCUT2D eigenvalue weighted by molar-refractivity contribution is 7.99. The van der Waals surface area contributed by atoms with Crippen molar-refractivity contribution < 1.29 is 18.4 Å². The Balaban J connectivity index is 1.41. The second kappa shape index (κ2) is 8.94. The quantitative estimate of drug-likeness (QED) is 0.681. The lowest BCUT2D eigenvalue weighted by Gasteiger charge is -2.24. The minimum absolute atomic E-state index is 0.0548. The molecule has 2 unspecified atom stereocenters. The van der Waals surface area contributed by atoms with Crippen LogP contribution in [0.25, 0.3) is 0 Å². The van der Waals surface area contributed by atoms with E-state index in [0.29, 0.717) is 42.4 Å². The molecule has 2 atom stereocenters. The van der Waals surface area contributed by atoms with E-state index in [9.17, 15) is 18.4 Å². The normalized spacial score (nSPS) is 22.3. The van der Waals surface area contributed by atoms with Gasteiger partial charge in [0.15, 0.2) is 0 Å². The number of hydrogen-bond donors (Lipinski definition) is 0. The molecule has 4 rings (SSSR count). The molecule has 0 saturated carbocycles. The number of rotatable bonds is 3. The standard InChI is InChI=1S/C22H21ClF2N2O2S/c23-15-1-4-17(5-2-15)27-13-14(11-21(27)28)22(29)26-8-7-20(30-10-9-26)18-12-16(24)3-6-19(18)25/h1-6,12,14,20H,7-11,13H2. The molecule has 0 N–H and O–H groups in total. The van der Waals surface area contributed by atoms with Crippen molar-refractivity contribution in [2.24, 2.45) is 5.92 Å². The first-order chi connectivity index (χ1) is 14.4. The Bertz CT molecular complexity index is 957. The van der Waals surface area contributed by atoms with E-state index in [-0.39, 0.29) is 23.5 Å². The number of carbonyl (C=O) groups is 2. The summed E-state index contributed by atoms with van der Waals surface area (Å²) in [4.78, 5) is 28.9. The lowest BCUT2D eigenvalue weighted by molar-refractivity contribution is -0.135. The van der Waals surface area contributed by atoms with Gasteiger partial charge in [0.1, 0.15) is 11.6 Å². The summed E-state index contributed by atoms with van der Waals surface area (Å²) >= 11 is 7.45. The largest absolute Gasteiger partial charge is 0.342 e. The third kappa shape index (κ3) is 4.47. The molecule has 2 aromatic rings. The van der Waals surface area contributed by atoms with Gasteiger partial charge in [-0.05, 0) is 48.9 Å². The van der Waals surface area contributed by atoms with Crippen LogP contribution >= 0.6 is 23.4 Å². The molecule has 0 bridgehead atoms. The molecule has 2 heterocycles. The van der Waals surface area contributed by atoms with Crippen molar-refractivity contribution >= 4 is 40.9 Å². The average molecular weight is 451 g/mol. The van der Waals surface area contributed by atoms with Crippen molar-refractivity contribution in [1.29, 1.82) is 0 Å². The molecule has 8 heteroatoms. The maximum Gasteiger partial charge on any atom is 0.228 e. The molecule has 2 amide bonds. The highest BCUT2D eigenvalue weighted by Crippen LogP contribution is 2.37. The summed E-state index contributed by atoms with van der Waals surface area (Å²) in [6, 6.07) is 10.5. The number of amides is 2. The summed E-state index contributed by atoms with van der Waals surface area (Å²) in [5.41, 5.74) is 1.08. The van der Waals surface area contributed by atoms with Crippen LogP contribution in [-0.2, 0) is 9.59 Å². The van der Waals surface area contributed by atoms with Crippen LogP contribution in [0.4, 0.5) is 14.5 Å². The first kappa shape index (κ1) is 21.1. The van der Waals surface area contributed by atoms with Gasteiger partial charge in [-0.3, -0.25) is 9.59 Å². The fraction of sp³-hybridized carbons (Fsp3) is 0.364. The Kier molecular flexibility index (Phi) is 6.29. The lowest BCUT2D eigenvalue weighted by atomic mass is 10.1. The van der Waals surface area contributed by atoms with Crippen molar-refractivity contribution in [3.05, 3.63) is 64.7 Å². The van der Waals surface area contributed by atoms with Gasteiger partial charge < -0.3 is 9.80 Å². The van der Waals surface area contributed by atoms with Crippen molar-refractivity contribution in [3.63, 3.8) is 0 Å². The molecule has 2 aromatic carbocycles. The number of halogens is 3. The molecular formula is C22H21ClF2N2O2S. The molecule has 0 spiro atoms. The zero-order valence-electron chi connectivity index (χ0n) is 16.2. The van der Waals surface area contributed by atoms with Crippen LogP contribution in [0, 0.1) is 17.6 Å². The summed E-state index contributed by atoms with van der Waals surface area (Å²) in [5, 5.41) is 0.388. The molecular weight excluding hydrogens is 430 g/mol. The topological polar surface area (TPSA) is 40.6 Å². The first-order valence-electron chi connectivity index (χ1n) is 9.83. The maximum atomic E-state index is 14.1. The number of hydrogen-bond acceptors (Lipinski definition) is 3. The Morgan fingerprint density at radius 3 is 2.63 bits per heavy atom. The van der Waals surface area contributed by atoms with E-state index in [4.69, 9.17) is 11.6 Å². The molecule has 0 radical (unpaired) electrons. The van der Waals surface area contributed by atoms with E-state index in [2.05, 4.69) is 0 Å². The highest BCUT2D eigenvalue weighted by atomic mass is 35.5. The molecule has 2 fully saturated rings. The van der Waals surface area contributed by atoms with E-state index >= 15 is 0 Å². The zero-order chi connectivity index (χ0) is 21.3. The van der Waals surface area contributed by atoms with Gasteiger partial charge in [-0.1, -0.05) is 11.6 Å². The van der Waals surface area contributed by atoms with Gasteiger partial charge in [0.2, 0.25) is 11.8 Å². The van der Waals surface area contributed by atoms with Gasteiger partial charge in [-0.25, -0.2) is 8.78 Å². The number of nitrogens with zero attached hydrogens (tertiary/aromatic N) is 2. The molecule has 158 valence electrons. The van der Waals surface area contributed by atoms with E-state index in [0.717, 1.165) is 17.8 Å². The van der Waals surface area contributed by atoms with Crippen LogP contribution in [0.3, 0.4) is 0 Å². The lowest BCUT2D eigenvalue weighted by Crippen LogP contribution is -2.38. The summed E-state index contributed by atoms with van der Waals surface area (Å²) in [6.45, 7) is 1.32. The van der Waals surface area contributed by atoms with Crippen LogP contribution in [-0.4, -0.2) is 42.1 Å². The monoisotopic (exact) mass is 450 g/mol. The number of carbonyl (C=O) groups excluding carboxylic acids is 2. The second-order valence-corrected chi connectivity index (χ2v) is 9.27. The van der Waals surface area contributed by atoms with Gasteiger partial charge in [-0.2, -0.15) is 11.8 Å². The van der Waals surface area contributed by atoms with Crippen LogP contribution < -0.4 is 4.90 Å². The SMILES string of the molecule is O=C(C1CC(=O)N(c2ccc(Cl)cc2)C1)N1CCSC(c2cc(F)ccc2F)CC1. The summed E-state index contributed by atoms with van der Waals surface area (Å²) in [5.74, 6) is -0.793. The number of thioether (sulfide) groups is 1. The third-order valence-electron chi connectivity index (χ3n) is 5.57. The zero-order valence-corrected chi connectivity index (χ0v) is 17.8. The molecule has 2 aliphatic rings.